The molecule has 0 radical (unpaired) electrons. The zero-order valence-corrected chi connectivity index (χ0v) is 48.6. The van der Waals surface area contributed by atoms with Crippen LogP contribution < -0.4 is 38.9 Å². The summed E-state index contributed by atoms with van der Waals surface area (Å²) in [6.07, 6.45) is 6.80. The molecule has 6 heterocycles. The predicted molar refractivity (Wildman–Crippen MR) is 275 cm³/mol. The van der Waals surface area contributed by atoms with Crippen LogP contribution in [0.25, 0.3) is 32.7 Å². The first kappa shape index (κ1) is 65.6. The molecule has 0 unspecified atom stereocenters. The summed E-state index contributed by atoms with van der Waals surface area (Å²) >= 11 is 16.1. The second-order valence-electron chi connectivity index (χ2n) is 16.1. The van der Waals surface area contributed by atoms with Crippen LogP contribution in [0.5, 0.6) is 0 Å². The molecule has 9 aromatic rings. The van der Waals surface area contributed by atoms with Crippen molar-refractivity contribution < 1.29 is 121 Å². The molecule has 0 aliphatic heterocycles. The van der Waals surface area contributed by atoms with Gasteiger partial charge < -0.3 is 33.7 Å². The Morgan fingerprint density at radius 3 is 1.25 bits per heavy atom. The first-order valence-corrected chi connectivity index (χ1v) is 25.2. The molecule has 0 bridgehead atoms. The average molecular weight is 1220 g/mol. The van der Waals surface area contributed by atoms with Gasteiger partial charge in [0.2, 0.25) is 0 Å². The topological polar surface area (TPSA) is 311 Å². The van der Waals surface area contributed by atoms with Crippen LogP contribution in [0, 0.1) is 11.3 Å². The number of aromatic nitrogens is 6. The maximum atomic E-state index is 11.7. The Balaban J connectivity index is 0.000000244. The van der Waals surface area contributed by atoms with Gasteiger partial charge in [-0.25, -0.2) is 34.1 Å². The van der Waals surface area contributed by atoms with E-state index in [-0.39, 0.29) is 58.8 Å². The van der Waals surface area contributed by atoms with Crippen LogP contribution in [-0.2, 0) is 62.6 Å². The van der Waals surface area contributed by atoms with Gasteiger partial charge in [0.15, 0.2) is 0 Å². The number of nitrogens with zero attached hydrogens (tertiary/aromatic N) is 6. The molecule has 20 nitrogen and oxygen atoms in total. The number of esters is 3. The number of halogens is 4. The van der Waals surface area contributed by atoms with Crippen LogP contribution in [0.1, 0.15) is 91.5 Å². The van der Waals surface area contributed by atoms with Gasteiger partial charge in [-0.15, -0.1) is 0 Å². The number of carboxylic acid groups (broad SMARTS) is 1. The number of fused-ring (bicyclic) bond motifs is 3. The van der Waals surface area contributed by atoms with E-state index in [2.05, 4.69) is 39.4 Å². The van der Waals surface area contributed by atoms with Crippen LogP contribution in [-0.4, -0.2) is 91.6 Å². The van der Waals surface area contributed by atoms with Crippen molar-refractivity contribution in [3.63, 3.8) is 0 Å². The third kappa shape index (κ3) is 19.7. The first-order chi connectivity index (χ1) is 38.0. The second kappa shape index (κ2) is 33.0. The molecule has 9 rings (SSSR count). The summed E-state index contributed by atoms with van der Waals surface area (Å²) in [5, 5.41) is 23.0. The molecule has 0 amide bonds. The SMILES string of the molecule is COC(=O)c1cc(C(=O)O)cc(Cc2ccc3ncc(Cl)cc3c2)n1.COC(=O)c1cc(C=O)cc(Cc2ccc3ncc(Cl)cc3c2)n1.COC(=O)c1cc(CO)cc(Cc2ccc3ncc(Cl)cc3c2)n1.[Na+].[O-][Cl+][O-].[O]=[Mn]=[O]. The molecule has 0 fully saturated rings. The summed E-state index contributed by atoms with van der Waals surface area (Å²) in [5.74, 6) is -2.92. The number of aliphatic hydroxyl groups excluding tert-OH is 1. The number of carboxylic acids is 1. The number of hydrogen-bond acceptors (Lipinski definition) is 19. The van der Waals surface area contributed by atoms with E-state index in [1.165, 1.54) is 45.6 Å². The molecule has 0 spiro atoms. The summed E-state index contributed by atoms with van der Waals surface area (Å²) in [4.78, 5) is 83.0. The Morgan fingerprint density at radius 2 is 0.900 bits per heavy atom. The number of methoxy groups -OCH3 is 3. The summed E-state index contributed by atoms with van der Waals surface area (Å²) < 4.78 is 47.3. The molecule has 0 aliphatic carbocycles. The molecule has 0 saturated heterocycles. The quantitative estimate of drug-likeness (QED) is 0.0742. The number of pyridine rings is 6. The summed E-state index contributed by atoms with van der Waals surface area (Å²) in [7, 11) is 3.80. The van der Waals surface area contributed by atoms with Crippen LogP contribution >= 0.6 is 34.8 Å². The number of carbonyl (C=O) groups is 5. The normalized spacial score (nSPS) is 10.1. The van der Waals surface area contributed by atoms with Gasteiger partial charge in [0.25, 0.3) is 0 Å². The van der Waals surface area contributed by atoms with Gasteiger partial charge in [0.1, 0.15) is 23.4 Å². The van der Waals surface area contributed by atoms with Crippen molar-refractivity contribution in [1.82, 2.24) is 29.9 Å². The van der Waals surface area contributed by atoms with Gasteiger partial charge >= 0.3 is 75.9 Å². The Kier molecular flexibility index (Phi) is 27.0. The van der Waals surface area contributed by atoms with Gasteiger partial charge in [-0.3, -0.25) is 19.7 Å². The van der Waals surface area contributed by atoms with Gasteiger partial charge in [-0.2, -0.15) is 0 Å². The predicted octanol–water partition coefficient (Wildman–Crippen LogP) is 4.37. The minimum atomic E-state index is -1.44. The molecule has 0 saturated carbocycles. The maximum absolute atomic E-state index is 11.7. The molecule has 6 aromatic heterocycles. The Labute approximate surface area is 502 Å². The van der Waals surface area contributed by atoms with Crippen molar-refractivity contribution >= 4 is 97.7 Å². The molecule has 0 atom stereocenters. The molecular formula is C54H41Cl4MnN6NaO14. The van der Waals surface area contributed by atoms with Crippen LogP contribution in [0.15, 0.2) is 128 Å². The minimum absolute atomic E-state index is 0. The number of aliphatic hydroxyl groups is 1. The van der Waals surface area contributed by atoms with Gasteiger partial charge in [-0.1, -0.05) is 53.0 Å². The van der Waals surface area contributed by atoms with E-state index in [9.17, 15) is 34.2 Å². The van der Waals surface area contributed by atoms with E-state index < -0.39 is 50.0 Å². The van der Waals surface area contributed by atoms with Crippen molar-refractivity contribution in [2.24, 2.45) is 0 Å². The van der Waals surface area contributed by atoms with E-state index in [1.54, 1.807) is 36.8 Å². The van der Waals surface area contributed by atoms with Gasteiger partial charge in [-0.05, 0) is 113 Å². The molecule has 80 heavy (non-hydrogen) atoms. The van der Waals surface area contributed by atoms with E-state index in [0.29, 0.717) is 68.8 Å². The van der Waals surface area contributed by atoms with E-state index in [4.69, 9.17) is 56.5 Å². The van der Waals surface area contributed by atoms with Gasteiger partial charge in [0, 0.05) is 76.7 Å². The zero-order chi connectivity index (χ0) is 57.6. The fourth-order valence-corrected chi connectivity index (χ4v) is 7.95. The fourth-order valence-electron chi connectivity index (χ4n) is 7.45. The van der Waals surface area contributed by atoms with Crippen LogP contribution in [0.2, 0.25) is 15.1 Å². The van der Waals surface area contributed by atoms with Crippen LogP contribution in [0.4, 0.5) is 0 Å². The molecule has 0 aliphatic rings. The molecule has 407 valence electrons. The van der Waals surface area contributed by atoms with Crippen molar-refractivity contribution in [3.8, 4) is 0 Å². The Hall–Kier alpha value is -6.95. The average Bonchev–Trinajstić information content (AvgIpc) is 3.45. The Morgan fingerprint density at radius 1 is 0.550 bits per heavy atom. The fraction of sp³-hybridized carbons (Fsp3) is 0.130. The molecule has 26 heteroatoms. The summed E-state index contributed by atoms with van der Waals surface area (Å²) in [6, 6.07) is 31.7. The summed E-state index contributed by atoms with van der Waals surface area (Å²) in [6.45, 7) is -0.170. The molecular weight excluding hydrogens is 1180 g/mol. The molecule has 3 aromatic carbocycles. The number of hydrogen-bond donors (Lipinski definition) is 2. The van der Waals surface area contributed by atoms with Crippen molar-refractivity contribution in [1.29, 1.82) is 0 Å². The van der Waals surface area contributed by atoms with Gasteiger partial charge in [0.05, 0.1) is 76.4 Å². The first-order valence-electron chi connectivity index (χ1n) is 22.4. The van der Waals surface area contributed by atoms with Crippen molar-refractivity contribution in [2.45, 2.75) is 25.9 Å². The third-order valence-corrected chi connectivity index (χ3v) is 11.4. The summed E-state index contributed by atoms with van der Waals surface area (Å²) in [5.41, 5.74) is 8.34. The Bertz CT molecular complexity index is 3730. The standard InChI is InChI=1S/C18H13ClN2O4.C18H15ClN2O3.C18H13ClN2O3.ClO2.Mn.Na.2O/c1-25-18(24)16-8-12(17(22)23)7-14(21-16)5-10-2-3-15-11(4-10)6-13(19)9-20-15;2*1-24-18(23)17-7-12(10-22)6-15(21-17)5-11-2-3-16-13(4-11)8-14(19)9-20-16;2-1-3;;;;/h2-4,6-9H,5H2,1H3,(H,22,23);2-4,6-9,22H,5,10H2,1H3;2-4,6-10H,5H2,1H3;;;;;/q;;;-1;;+1;;. The third-order valence-electron chi connectivity index (χ3n) is 10.8. The number of aromatic carboxylic acids is 1. The molecule has 2 N–H and O–H groups in total. The number of benzene rings is 3. The van der Waals surface area contributed by atoms with E-state index in [1.807, 2.05) is 66.7 Å². The second-order valence-corrected chi connectivity index (χ2v) is 17.7. The number of carbonyl (C=O) groups excluding carboxylic acids is 4. The van der Waals surface area contributed by atoms with E-state index >= 15 is 0 Å². The van der Waals surface area contributed by atoms with E-state index in [0.717, 1.165) is 49.4 Å². The van der Waals surface area contributed by atoms with Crippen molar-refractivity contribution in [2.75, 3.05) is 21.3 Å². The number of aldehydes is 1. The number of rotatable bonds is 12. The van der Waals surface area contributed by atoms with Crippen molar-refractivity contribution in [3.05, 3.63) is 210 Å². The zero-order valence-electron chi connectivity index (χ0n) is 42.4. The van der Waals surface area contributed by atoms with Crippen LogP contribution in [0.3, 0.4) is 0 Å². The number of ether oxygens (including phenoxy) is 3. The monoisotopic (exact) mass is 1220 g/mol.